The van der Waals surface area contributed by atoms with E-state index in [1.165, 1.54) is 6.07 Å². The molecule has 0 aliphatic carbocycles. The smallest absolute Gasteiger partial charge is 0.123 e. The summed E-state index contributed by atoms with van der Waals surface area (Å²) in [7, 11) is 1.97. The summed E-state index contributed by atoms with van der Waals surface area (Å²) in [5, 5.41) is 0. The lowest BCUT2D eigenvalue weighted by Crippen LogP contribution is -2.38. The molecule has 146 valence electrons. The summed E-state index contributed by atoms with van der Waals surface area (Å²) >= 11 is 0. The van der Waals surface area contributed by atoms with Crippen LogP contribution in [0.25, 0.3) is 0 Å². The molecule has 0 fully saturated rings. The van der Waals surface area contributed by atoms with Gasteiger partial charge in [-0.3, -0.25) is 0 Å². The Bertz CT molecular complexity index is 581. The van der Waals surface area contributed by atoms with Crippen molar-refractivity contribution < 1.29 is 9.13 Å². The molecule has 0 saturated heterocycles. The predicted octanol–water partition coefficient (Wildman–Crippen LogP) is 5.05. The maximum atomic E-state index is 13.2. The predicted molar refractivity (Wildman–Crippen MR) is 110 cm³/mol. The average Bonchev–Trinajstić information content (AvgIpc) is 2.63. The van der Waals surface area contributed by atoms with E-state index in [4.69, 9.17) is 10.5 Å². The second kappa shape index (κ2) is 14.3. The highest BCUT2D eigenvalue weighted by Crippen LogP contribution is 2.10. The maximum absolute atomic E-state index is 13.2. The molecule has 1 atom stereocenters. The Morgan fingerprint density at radius 1 is 1.38 bits per heavy atom. The van der Waals surface area contributed by atoms with Crippen molar-refractivity contribution in [3.05, 3.63) is 71.8 Å². The van der Waals surface area contributed by atoms with Gasteiger partial charge in [-0.15, -0.1) is 0 Å². The Kier molecular flexibility index (Phi) is 13.2. The standard InChI is InChI=1S/C20H29FN2O.C2H6/c1-5-16(6-2)12-20(7-3)24-15-19(22)14-23(4)13-17-9-8-10-18(21)11-17;1-2/h5,7-12,19H,1,6,13-15,22H2,2-4H3;1-2H3/b16-12+,20-7+;. The zero-order valence-corrected chi connectivity index (χ0v) is 17.0. The van der Waals surface area contributed by atoms with E-state index in [0.29, 0.717) is 19.7 Å². The van der Waals surface area contributed by atoms with Crippen LogP contribution < -0.4 is 5.73 Å². The van der Waals surface area contributed by atoms with Crippen LogP contribution in [0.5, 0.6) is 0 Å². The molecular weight excluding hydrogens is 327 g/mol. The third-order valence-corrected chi connectivity index (χ3v) is 3.63. The molecule has 0 spiro atoms. The van der Waals surface area contributed by atoms with E-state index in [2.05, 4.69) is 18.4 Å². The monoisotopic (exact) mass is 362 g/mol. The summed E-state index contributed by atoms with van der Waals surface area (Å²) in [6.07, 6.45) is 6.64. The van der Waals surface area contributed by atoms with E-state index < -0.39 is 0 Å². The summed E-state index contributed by atoms with van der Waals surface area (Å²) in [5.74, 6) is 0.585. The van der Waals surface area contributed by atoms with Gasteiger partial charge in [-0.05, 0) is 55.8 Å². The lowest BCUT2D eigenvalue weighted by molar-refractivity contribution is 0.178. The van der Waals surface area contributed by atoms with E-state index in [0.717, 1.165) is 23.3 Å². The van der Waals surface area contributed by atoms with Gasteiger partial charge in [0.05, 0.1) is 6.04 Å². The van der Waals surface area contributed by atoms with Crippen LogP contribution in [0.2, 0.25) is 0 Å². The van der Waals surface area contributed by atoms with Crippen molar-refractivity contribution in [3.63, 3.8) is 0 Å². The van der Waals surface area contributed by atoms with Crippen molar-refractivity contribution in [1.29, 1.82) is 0 Å². The third kappa shape index (κ3) is 10.2. The summed E-state index contributed by atoms with van der Waals surface area (Å²) < 4.78 is 19.0. The largest absolute Gasteiger partial charge is 0.492 e. The molecule has 0 bridgehead atoms. The van der Waals surface area contributed by atoms with Gasteiger partial charge in [0.25, 0.3) is 0 Å². The number of rotatable bonds is 10. The molecule has 1 aromatic rings. The van der Waals surface area contributed by atoms with E-state index in [9.17, 15) is 4.39 Å². The van der Waals surface area contributed by atoms with Crippen LogP contribution in [0.15, 0.2) is 60.4 Å². The number of hydrogen-bond donors (Lipinski definition) is 1. The molecule has 0 amide bonds. The minimum absolute atomic E-state index is 0.124. The van der Waals surface area contributed by atoms with Gasteiger partial charge in [0, 0.05) is 13.1 Å². The second-order valence-corrected chi connectivity index (χ2v) is 5.87. The van der Waals surface area contributed by atoms with Gasteiger partial charge in [0.15, 0.2) is 0 Å². The fourth-order valence-corrected chi connectivity index (χ4v) is 2.36. The number of ether oxygens (including phenoxy) is 1. The normalized spacial score (nSPS) is 13.1. The molecule has 4 heteroatoms. The quantitative estimate of drug-likeness (QED) is 0.467. The zero-order chi connectivity index (χ0) is 19.9. The Hall–Kier alpha value is -1.91. The second-order valence-electron chi connectivity index (χ2n) is 5.87. The molecule has 1 rings (SSSR count). The van der Waals surface area contributed by atoms with Crippen LogP contribution in [0.3, 0.4) is 0 Å². The molecule has 0 radical (unpaired) electrons. The molecule has 0 aliphatic heterocycles. The molecule has 0 saturated carbocycles. The van der Waals surface area contributed by atoms with E-state index in [1.54, 1.807) is 12.1 Å². The van der Waals surface area contributed by atoms with Gasteiger partial charge < -0.3 is 15.4 Å². The van der Waals surface area contributed by atoms with Crippen LogP contribution in [0, 0.1) is 5.82 Å². The first-order valence-electron chi connectivity index (χ1n) is 9.29. The first-order valence-corrected chi connectivity index (χ1v) is 9.29. The van der Waals surface area contributed by atoms with Gasteiger partial charge >= 0.3 is 0 Å². The van der Waals surface area contributed by atoms with Gasteiger partial charge in [-0.2, -0.15) is 0 Å². The number of nitrogens with two attached hydrogens (primary N) is 1. The Balaban J connectivity index is 0.00000301. The molecule has 26 heavy (non-hydrogen) atoms. The summed E-state index contributed by atoms with van der Waals surface area (Å²) in [6.45, 7) is 13.5. The Morgan fingerprint density at radius 2 is 2.08 bits per heavy atom. The Morgan fingerprint density at radius 3 is 2.62 bits per heavy atom. The number of nitrogens with zero attached hydrogens (tertiary/aromatic N) is 1. The minimum Gasteiger partial charge on any atom is -0.492 e. The minimum atomic E-state index is -0.216. The first-order chi connectivity index (χ1) is 12.5. The van der Waals surface area contributed by atoms with Crippen molar-refractivity contribution in [2.75, 3.05) is 20.2 Å². The van der Waals surface area contributed by atoms with Crippen LogP contribution in [0.1, 0.15) is 39.7 Å². The molecule has 3 nitrogen and oxygen atoms in total. The van der Waals surface area contributed by atoms with Gasteiger partial charge in [-0.1, -0.05) is 45.6 Å². The average molecular weight is 363 g/mol. The number of benzene rings is 1. The lowest BCUT2D eigenvalue weighted by atomic mass is 10.2. The maximum Gasteiger partial charge on any atom is 0.123 e. The van der Waals surface area contributed by atoms with Crippen molar-refractivity contribution in [2.24, 2.45) is 5.73 Å². The SMILES string of the molecule is C=C/C(=C\C(=C/C)OCC(N)CN(C)Cc1cccc(F)c1)CC.CC. The summed E-state index contributed by atoms with van der Waals surface area (Å²) in [6, 6.07) is 6.50. The van der Waals surface area contributed by atoms with Gasteiger partial charge in [-0.25, -0.2) is 4.39 Å². The number of hydrogen-bond acceptors (Lipinski definition) is 3. The van der Waals surface area contributed by atoms with Crippen LogP contribution in [0.4, 0.5) is 4.39 Å². The summed E-state index contributed by atoms with van der Waals surface area (Å²) in [5.41, 5.74) is 8.20. The summed E-state index contributed by atoms with van der Waals surface area (Å²) in [4.78, 5) is 2.06. The van der Waals surface area contributed by atoms with Crippen LogP contribution in [-0.2, 0) is 11.3 Å². The lowest BCUT2D eigenvalue weighted by Gasteiger charge is -2.22. The van der Waals surface area contributed by atoms with Crippen molar-refractivity contribution in [1.82, 2.24) is 4.90 Å². The molecule has 0 aromatic heterocycles. The molecule has 0 heterocycles. The number of halogens is 1. The molecule has 1 unspecified atom stereocenters. The van der Waals surface area contributed by atoms with Crippen molar-refractivity contribution >= 4 is 0 Å². The zero-order valence-electron chi connectivity index (χ0n) is 17.0. The highest BCUT2D eigenvalue weighted by Gasteiger charge is 2.09. The van der Waals surface area contributed by atoms with E-state index in [1.807, 2.05) is 52.1 Å². The van der Waals surface area contributed by atoms with Crippen molar-refractivity contribution in [3.8, 4) is 0 Å². The molecule has 2 N–H and O–H groups in total. The molecule has 0 aliphatic rings. The molecular formula is C22H35FN2O. The third-order valence-electron chi connectivity index (χ3n) is 3.63. The fourth-order valence-electron chi connectivity index (χ4n) is 2.36. The topological polar surface area (TPSA) is 38.5 Å². The van der Waals surface area contributed by atoms with Gasteiger partial charge in [0.2, 0.25) is 0 Å². The Labute approximate surface area is 159 Å². The molecule has 1 aromatic carbocycles. The van der Waals surface area contributed by atoms with E-state index in [-0.39, 0.29) is 11.9 Å². The van der Waals surface area contributed by atoms with Gasteiger partial charge in [0.1, 0.15) is 18.2 Å². The highest BCUT2D eigenvalue weighted by molar-refractivity contribution is 5.25. The number of allylic oxidation sites excluding steroid dienone is 4. The number of likely N-dealkylation sites (N-methyl/N-ethyl adjacent to an activating group) is 1. The fraction of sp³-hybridized carbons (Fsp3) is 0.455. The van der Waals surface area contributed by atoms with E-state index >= 15 is 0 Å². The van der Waals surface area contributed by atoms with Crippen LogP contribution >= 0.6 is 0 Å². The highest BCUT2D eigenvalue weighted by atomic mass is 19.1. The van der Waals surface area contributed by atoms with Crippen LogP contribution in [-0.4, -0.2) is 31.1 Å². The van der Waals surface area contributed by atoms with Crippen molar-refractivity contribution in [2.45, 2.75) is 46.7 Å². The first kappa shape index (κ1) is 24.1.